The van der Waals surface area contributed by atoms with Gasteiger partial charge >= 0.3 is 0 Å². The molecule has 1 saturated heterocycles. The molecule has 0 saturated carbocycles. The zero-order chi connectivity index (χ0) is 22.3. The lowest BCUT2D eigenvalue weighted by atomic mass is 10.0. The van der Waals surface area contributed by atoms with Crippen LogP contribution in [0.3, 0.4) is 0 Å². The minimum absolute atomic E-state index is 0.0112. The zero-order valence-corrected chi connectivity index (χ0v) is 18.0. The van der Waals surface area contributed by atoms with E-state index in [9.17, 15) is 4.79 Å². The molecule has 1 aliphatic rings. The first kappa shape index (κ1) is 21.5. The second-order valence-corrected chi connectivity index (χ2v) is 7.67. The Morgan fingerprint density at radius 2 is 1.94 bits per heavy atom. The number of ether oxygens (including phenoxy) is 1. The number of carbonyl (C=O) groups is 1. The Balaban J connectivity index is 1.47. The number of hydrogen-bond donors (Lipinski definition) is 1. The third-order valence-electron chi connectivity index (χ3n) is 5.48. The average Bonchev–Trinajstić information content (AvgIpc) is 2.83. The molecule has 0 bridgehead atoms. The molecule has 0 aliphatic carbocycles. The molecule has 0 atom stereocenters. The Morgan fingerprint density at radius 3 is 2.66 bits per heavy atom. The fourth-order valence-electron chi connectivity index (χ4n) is 3.77. The Kier molecular flexibility index (Phi) is 6.73. The van der Waals surface area contributed by atoms with Crippen molar-refractivity contribution < 1.29 is 9.53 Å². The number of aryl methyl sites for hydroxylation is 1. The summed E-state index contributed by atoms with van der Waals surface area (Å²) in [7, 11) is 0. The quantitative estimate of drug-likeness (QED) is 0.608. The predicted molar refractivity (Wildman–Crippen MR) is 122 cm³/mol. The van der Waals surface area contributed by atoms with E-state index in [1.54, 1.807) is 12.3 Å². The van der Waals surface area contributed by atoms with Gasteiger partial charge in [-0.2, -0.15) is 5.26 Å². The summed E-state index contributed by atoms with van der Waals surface area (Å²) in [6.07, 6.45) is 2.41. The van der Waals surface area contributed by atoms with Gasteiger partial charge in [-0.05, 0) is 48.4 Å². The van der Waals surface area contributed by atoms with Crippen molar-refractivity contribution in [1.82, 2.24) is 15.3 Å². The van der Waals surface area contributed by atoms with Gasteiger partial charge in [-0.15, -0.1) is 0 Å². The first-order valence-electron chi connectivity index (χ1n) is 10.6. The topological polar surface area (TPSA) is 91.1 Å². The number of nitrogens with zero attached hydrogens (tertiary/aromatic N) is 4. The van der Waals surface area contributed by atoms with Gasteiger partial charge in [0.2, 0.25) is 0 Å². The molecule has 1 fully saturated rings. The number of anilines is 1. The fourth-order valence-corrected chi connectivity index (χ4v) is 3.77. The van der Waals surface area contributed by atoms with Crippen LogP contribution in [0.4, 0.5) is 5.69 Å². The summed E-state index contributed by atoms with van der Waals surface area (Å²) >= 11 is 0. The second kappa shape index (κ2) is 10.0. The second-order valence-electron chi connectivity index (χ2n) is 7.67. The number of nitrogens with one attached hydrogen (secondary N) is 1. The van der Waals surface area contributed by atoms with Crippen LogP contribution in [0.25, 0.3) is 11.3 Å². The summed E-state index contributed by atoms with van der Waals surface area (Å²) in [5.41, 5.74) is 5.48. The van der Waals surface area contributed by atoms with Gasteiger partial charge in [0, 0.05) is 42.5 Å². The van der Waals surface area contributed by atoms with Crippen molar-refractivity contribution in [1.29, 1.82) is 5.26 Å². The van der Waals surface area contributed by atoms with Crippen LogP contribution in [-0.2, 0) is 11.2 Å². The largest absolute Gasteiger partial charge is 0.378 e. The molecule has 0 radical (unpaired) electrons. The molecule has 7 nitrogen and oxygen atoms in total. The minimum Gasteiger partial charge on any atom is -0.378 e. The average molecular weight is 428 g/mol. The van der Waals surface area contributed by atoms with E-state index in [4.69, 9.17) is 15.0 Å². The van der Waals surface area contributed by atoms with Gasteiger partial charge in [-0.25, -0.2) is 9.97 Å². The standard InChI is InChI=1S/C25H25N5O2/c1-18-16-20(4-7-22(18)25(31)28-11-9-26)23-8-10-27-24(29-23)17-19-2-5-21(6-3-19)30-12-14-32-15-13-30/h2-8,10,16H,11-15,17H2,1H3,(H,28,31). The Bertz CT molecular complexity index is 1130. The lowest BCUT2D eigenvalue weighted by Gasteiger charge is -2.28. The normalized spacial score (nSPS) is 13.4. The molecule has 32 heavy (non-hydrogen) atoms. The molecule has 1 aliphatic heterocycles. The Morgan fingerprint density at radius 1 is 1.16 bits per heavy atom. The summed E-state index contributed by atoms with van der Waals surface area (Å²) in [4.78, 5) is 23.7. The van der Waals surface area contributed by atoms with Gasteiger partial charge in [-0.1, -0.05) is 18.2 Å². The van der Waals surface area contributed by atoms with E-state index in [1.165, 1.54) is 5.69 Å². The molecule has 4 rings (SSSR count). The molecule has 3 aromatic rings. The molecular formula is C25H25N5O2. The van der Waals surface area contributed by atoms with Crippen LogP contribution >= 0.6 is 0 Å². The lowest BCUT2D eigenvalue weighted by Crippen LogP contribution is -2.36. The van der Waals surface area contributed by atoms with Crippen molar-refractivity contribution >= 4 is 11.6 Å². The van der Waals surface area contributed by atoms with Gasteiger partial charge in [0.05, 0.1) is 25.0 Å². The van der Waals surface area contributed by atoms with Crippen molar-refractivity contribution in [2.45, 2.75) is 13.3 Å². The van der Waals surface area contributed by atoms with Crippen molar-refractivity contribution in [2.75, 3.05) is 37.7 Å². The Hall–Kier alpha value is -3.76. The van der Waals surface area contributed by atoms with Gasteiger partial charge in [0.1, 0.15) is 12.4 Å². The number of aromatic nitrogens is 2. The number of morpholine rings is 1. The van der Waals surface area contributed by atoms with Crippen LogP contribution < -0.4 is 10.2 Å². The van der Waals surface area contributed by atoms with E-state index in [0.29, 0.717) is 12.0 Å². The van der Waals surface area contributed by atoms with Gasteiger partial charge in [0.25, 0.3) is 5.91 Å². The van der Waals surface area contributed by atoms with Crippen LogP contribution in [0.2, 0.25) is 0 Å². The van der Waals surface area contributed by atoms with Crippen molar-refractivity contribution in [2.24, 2.45) is 0 Å². The van der Waals surface area contributed by atoms with Gasteiger partial charge < -0.3 is 15.0 Å². The lowest BCUT2D eigenvalue weighted by molar-refractivity contribution is 0.0958. The van der Waals surface area contributed by atoms with Crippen LogP contribution in [0.5, 0.6) is 0 Å². The summed E-state index contributed by atoms with van der Waals surface area (Å²) in [6, 6.07) is 17.9. The van der Waals surface area contributed by atoms with E-state index in [2.05, 4.69) is 39.5 Å². The molecule has 162 valence electrons. The molecule has 7 heteroatoms. The van der Waals surface area contributed by atoms with Gasteiger partial charge in [0.15, 0.2) is 0 Å². The minimum atomic E-state index is -0.250. The maximum absolute atomic E-state index is 12.2. The van der Waals surface area contributed by atoms with E-state index in [0.717, 1.165) is 54.5 Å². The first-order valence-corrected chi connectivity index (χ1v) is 10.6. The van der Waals surface area contributed by atoms with Crippen LogP contribution in [-0.4, -0.2) is 48.7 Å². The summed E-state index contributed by atoms with van der Waals surface area (Å²) in [5, 5.41) is 11.2. The zero-order valence-electron chi connectivity index (χ0n) is 18.0. The van der Waals surface area contributed by atoms with Crippen LogP contribution in [0.15, 0.2) is 54.7 Å². The highest BCUT2D eigenvalue weighted by molar-refractivity contribution is 5.96. The summed E-state index contributed by atoms with van der Waals surface area (Å²) < 4.78 is 5.42. The van der Waals surface area contributed by atoms with E-state index in [-0.39, 0.29) is 12.5 Å². The monoisotopic (exact) mass is 427 g/mol. The van der Waals surface area contributed by atoms with E-state index < -0.39 is 0 Å². The third-order valence-corrected chi connectivity index (χ3v) is 5.48. The number of nitriles is 1. The molecule has 2 heterocycles. The molecular weight excluding hydrogens is 402 g/mol. The van der Waals surface area contributed by atoms with Crippen molar-refractivity contribution in [3.8, 4) is 17.3 Å². The summed E-state index contributed by atoms with van der Waals surface area (Å²) in [6.45, 7) is 5.25. The molecule has 1 N–H and O–H groups in total. The highest BCUT2D eigenvalue weighted by atomic mass is 16.5. The van der Waals surface area contributed by atoms with Crippen LogP contribution in [0, 0.1) is 18.3 Å². The van der Waals surface area contributed by atoms with Crippen molar-refractivity contribution in [3.05, 3.63) is 77.2 Å². The highest BCUT2D eigenvalue weighted by Crippen LogP contribution is 2.22. The SMILES string of the molecule is Cc1cc(-c2ccnc(Cc3ccc(N4CCOCC4)cc3)n2)ccc1C(=O)NCC#N. The number of carbonyl (C=O) groups excluding carboxylic acids is 1. The molecule has 1 amide bonds. The molecule has 0 spiro atoms. The number of benzene rings is 2. The highest BCUT2D eigenvalue weighted by Gasteiger charge is 2.12. The third kappa shape index (κ3) is 5.10. The number of amides is 1. The van der Waals surface area contributed by atoms with Crippen LogP contribution in [0.1, 0.15) is 27.3 Å². The van der Waals surface area contributed by atoms with E-state index >= 15 is 0 Å². The maximum Gasteiger partial charge on any atom is 0.252 e. The molecule has 0 unspecified atom stereocenters. The summed E-state index contributed by atoms with van der Waals surface area (Å²) in [5.74, 6) is 0.495. The smallest absolute Gasteiger partial charge is 0.252 e. The van der Waals surface area contributed by atoms with E-state index in [1.807, 2.05) is 31.2 Å². The number of hydrogen-bond acceptors (Lipinski definition) is 6. The first-order chi connectivity index (χ1) is 15.6. The molecule has 1 aromatic heterocycles. The molecule has 2 aromatic carbocycles. The van der Waals surface area contributed by atoms with Gasteiger partial charge in [-0.3, -0.25) is 4.79 Å². The predicted octanol–water partition coefficient (Wildman–Crippen LogP) is 3.13. The maximum atomic E-state index is 12.2. The Labute approximate surface area is 187 Å². The van der Waals surface area contributed by atoms with Crippen molar-refractivity contribution in [3.63, 3.8) is 0 Å². The number of rotatable bonds is 6. The fraction of sp³-hybridized carbons (Fsp3) is 0.280.